The maximum absolute atomic E-state index is 11.3. The van der Waals surface area contributed by atoms with E-state index in [1.807, 2.05) is 0 Å². The number of carbonyl (C=O) groups is 2. The summed E-state index contributed by atoms with van der Waals surface area (Å²) in [6, 6.07) is 3.90. The van der Waals surface area contributed by atoms with Crippen LogP contribution in [0.3, 0.4) is 0 Å². The first-order valence-corrected chi connectivity index (χ1v) is 4.35. The SMILES string of the molecule is CCOC(=O)c1cc(N)cc(C(=O)O)c1. The lowest BCUT2D eigenvalue weighted by Crippen LogP contribution is -2.08. The zero-order valence-corrected chi connectivity index (χ0v) is 8.19. The summed E-state index contributed by atoms with van der Waals surface area (Å²) in [7, 11) is 0. The summed E-state index contributed by atoms with van der Waals surface area (Å²) < 4.78 is 4.73. The van der Waals surface area contributed by atoms with Crippen LogP contribution in [0.2, 0.25) is 0 Å². The number of benzene rings is 1. The fourth-order valence-electron chi connectivity index (χ4n) is 1.11. The zero-order valence-electron chi connectivity index (χ0n) is 8.19. The van der Waals surface area contributed by atoms with Crippen LogP contribution in [-0.4, -0.2) is 23.7 Å². The second kappa shape index (κ2) is 4.45. The van der Waals surface area contributed by atoms with Crippen molar-refractivity contribution in [3.8, 4) is 0 Å². The van der Waals surface area contributed by atoms with Gasteiger partial charge < -0.3 is 15.6 Å². The second-order valence-corrected chi connectivity index (χ2v) is 2.87. The number of hydrogen-bond acceptors (Lipinski definition) is 4. The number of nitrogens with two attached hydrogens (primary N) is 1. The van der Waals surface area contributed by atoms with Crippen molar-refractivity contribution in [1.82, 2.24) is 0 Å². The average Bonchev–Trinajstić information content (AvgIpc) is 2.17. The van der Waals surface area contributed by atoms with Gasteiger partial charge in [0.1, 0.15) is 0 Å². The van der Waals surface area contributed by atoms with Crippen LogP contribution in [0.4, 0.5) is 5.69 Å². The van der Waals surface area contributed by atoms with E-state index in [1.165, 1.54) is 18.2 Å². The van der Waals surface area contributed by atoms with Crippen LogP contribution in [0.5, 0.6) is 0 Å². The molecule has 0 aromatic heterocycles. The third kappa shape index (κ3) is 2.70. The number of carboxylic acid groups (broad SMARTS) is 1. The number of esters is 1. The number of anilines is 1. The molecule has 0 saturated carbocycles. The number of hydrogen-bond donors (Lipinski definition) is 2. The van der Waals surface area contributed by atoms with Crippen LogP contribution in [0.15, 0.2) is 18.2 Å². The van der Waals surface area contributed by atoms with Crippen LogP contribution in [0, 0.1) is 0 Å². The monoisotopic (exact) mass is 209 g/mol. The fourth-order valence-corrected chi connectivity index (χ4v) is 1.11. The van der Waals surface area contributed by atoms with Gasteiger partial charge in [-0.25, -0.2) is 9.59 Å². The molecule has 1 aromatic rings. The Morgan fingerprint density at radius 1 is 1.33 bits per heavy atom. The predicted molar refractivity (Wildman–Crippen MR) is 53.8 cm³/mol. The Kier molecular flexibility index (Phi) is 3.28. The third-order valence-corrected chi connectivity index (χ3v) is 1.71. The van der Waals surface area contributed by atoms with Crippen molar-refractivity contribution in [2.24, 2.45) is 0 Å². The van der Waals surface area contributed by atoms with Gasteiger partial charge in [0.2, 0.25) is 0 Å². The predicted octanol–water partition coefficient (Wildman–Crippen LogP) is 1.14. The van der Waals surface area contributed by atoms with Crippen molar-refractivity contribution in [3.63, 3.8) is 0 Å². The Balaban J connectivity index is 3.09. The summed E-state index contributed by atoms with van der Waals surface area (Å²) in [6.07, 6.45) is 0. The fraction of sp³-hybridized carbons (Fsp3) is 0.200. The molecule has 0 radical (unpaired) electrons. The summed E-state index contributed by atoms with van der Waals surface area (Å²) in [5.74, 6) is -1.71. The summed E-state index contributed by atoms with van der Waals surface area (Å²) >= 11 is 0. The van der Waals surface area contributed by atoms with Gasteiger partial charge in [0.25, 0.3) is 0 Å². The Hall–Kier alpha value is -2.04. The lowest BCUT2D eigenvalue weighted by atomic mass is 10.1. The van der Waals surface area contributed by atoms with Gasteiger partial charge in [-0.1, -0.05) is 0 Å². The van der Waals surface area contributed by atoms with Gasteiger partial charge in [0.05, 0.1) is 17.7 Å². The second-order valence-electron chi connectivity index (χ2n) is 2.87. The lowest BCUT2D eigenvalue weighted by molar-refractivity contribution is 0.0526. The highest BCUT2D eigenvalue weighted by atomic mass is 16.5. The molecule has 0 aliphatic rings. The highest BCUT2D eigenvalue weighted by molar-refractivity contribution is 5.96. The van der Waals surface area contributed by atoms with Crippen LogP contribution < -0.4 is 5.73 Å². The van der Waals surface area contributed by atoms with Gasteiger partial charge in [0.15, 0.2) is 0 Å². The third-order valence-electron chi connectivity index (χ3n) is 1.71. The summed E-state index contributed by atoms with van der Waals surface area (Å²) in [4.78, 5) is 22.0. The number of ether oxygens (including phenoxy) is 1. The number of nitrogen functional groups attached to an aromatic ring is 1. The van der Waals surface area contributed by atoms with Crippen LogP contribution in [-0.2, 0) is 4.74 Å². The van der Waals surface area contributed by atoms with Gasteiger partial charge >= 0.3 is 11.9 Å². The van der Waals surface area contributed by atoms with Crippen molar-refractivity contribution in [2.45, 2.75) is 6.92 Å². The van der Waals surface area contributed by atoms with Crippen LogP contribution in [0.1, 0.15) is 27.6 Å². The van der Waals surface area contributed by atoms with E-state index >= 15 is 0 Å². The molecule has 5 nitrogen and oxygen atoms in total. The topological polar surface area (TPSA) is 89.6 Å². The summed E-state index contributed by atoms with van der Waals surface area (Å²) in [5, 5.41) is 8.74. The maximum Gasteiger partial charge on any atom is 0.338 e. The molecule has 1 aromatic carbocycles. The summed E-state index contributed by atoms with van der Waals surface area (Å²) in [6.45, 7) is 1.90. The first-order chi connectivity index (χ1) is 7.04. The van der Waals surface area contributed by atoms with Gasteiger partial charge in [-0.15, -0.1) is 0 Å². The van der Waals surface area contributed by atoms with Crippen molar-refractivity contribution in [1.29, 1.82) is 0 Å². The molecule has 0 amide bonds. The molecule has 1 rings (SSSR count). The van der Waals surface area contributed by atoms with E-state index in [1.54, 1.807) is 6.92 Å². The molecule has 0 aliphatic carbocycles. The van der Waals surface area contributed by atoms with E-state index in [0.29, 0.717) is 0 Å². The molecule has 0 fully saturated rings. The minimum Gasteiger partial charge on any atom is -0.478 e. The van der Waals surface area contributed by atoms with Crippen LogP contribution in [0.25, 0.3) is 0 Å². The summed E-state index contributed by atoms with van der Waals surface area (Å²) in [5.41, 5.74) is 5.80. The molecule has 0 aliphatic heterocycles. The van der Waals surface area contributed by atoms with Crippen molar-refractivity contribution in [2.75, 3.05) is 12.3 Å². The number of aromatic carboxylic acids is 1. The molecule has 0 heterocycles. The van der Waals surface area contributed by atoms with E-state index in [2.05, 4.69) is 0 Å². The smallest absolute Gasteiger partial charge is 0.338 e. The molecule has 3 N–H and O–H groups in total. The van der Waals surface area contributed by atoms with Gasteiger partial charge in [-0.2, -0.15) is 0 Å². The van der Waals surface area contributed by atoms with E-state index in [-0.39, 0.29) is 23.4 Å². The Morgan fingerprint density at radius 3 is 2.47 bits per heavy atom. The number of carboxylic acids is 1. The average molecular weight is 209 g/mol. The quantitative estimate of drug-likeness (QED) is 0.575. The maximum atomic E-state index is 11.3. The van der Waals surface area contributed by atoms with Gasteiger partial charge in [-0.3, -0.25) is 0 Å². The molecule has 0 atom stereocenters. The molecule has 0 spiro atoms. The van der Waals surface area contributed by atoms with Crippen LogP contribution >= 0.6 is 0 Å². The minimum absolute atomic E-state index is 0.0296. The molecule has 0 bridgehead atoms. The van der Waals surface area contributed by atoms with E-state index in [9.17, 15) is 9.59 Å². The highest BCUT2D eigenvalue weighted by Gasteiger charge is 2.11. The van der Waals surface area contributed by atoms with Crippen molar-refractivity contribution >= 4 is 17.6 Å². The molecule has 15 heavy (non-hydrogen) atoms. The highest BCUT2D eigenvalue weighted by Crippen LogP contribution is 2.13. The van der Waals surface area contributed by atoms with E-state index in [0.717, 1.165) is 0 Å². The first kappa shape index (κ1) is 11.0. The standard InChI is InChI=1S/C10H11NO4/c1-2-15-10(14)7-3-6(9(12)13)4-8(11)5-7/h3-5H,2,11H2,1H3,(H,12,13). The minimum atomic E-state index is -1.13. The molecule has 5 heteroatoms. The van der Waals surface area contributed by atoms with E-state index in [4.69, 9.17) is 15.6 Å². The van der Waals surface area contributed by atoms with Gasteiger partial charge in [-0.05, 0) is 25.1 Å². The molecule has 0 saturated heterocycles. The normalized spacial score (nSPS) is 9.67. The lowest BCUT2D eigenvalue weighted by Gasteiger charge is -2.04. The van der Waals surface area contributed by atoms with Crippen molar-refractivity contribution < 1.29 is 19.4 Å². The Labute approximate surface area is 86.5 Å². The number of rotatable bonds is 3. The molecule has 0 unspecified atom stereocenters. The molecular weight excluding hydrogens is 198 g/mol. The van der Waals surface area contributed by atoms with E-state index < -0.39 is 11.9 Å². The largest absolute Gasteiger partial charge is 0.478 e. The van der Waals surface area contributed by atoms with Gasteiger partial charge in [0, 0.05) is 5.69 Å². The Bertz CT molecular complexity index is 400. The number of carbonyl (C=O) groups excluding carboxylic acids is 1. The Morgan fingerprint density at radius 2 is 1.93 bits per heavy atom. The first-order valence-electron chi connectivity index (χ1n) is 4.35. The molecular formula is C10H11NO4. The van der Waals surface area contributed by atoms with Crippen molar-refractivity contribution in [3.05, 3.63) is 29.3 Å². The molecule has 80 valence electrons. The zero-order chi connectivity index (χ0) is 11.4.